The van der Waals surface area contributed by atoms with Gasteiger partial charge in [0.1, 0.15) is 10.0 Å². The van der Waals surface area contributed by atoms with Crippen molar-refractivity contribution in [2.24, 2.45) is 0 Å². The third-order valence-corrected chi connectivity index (χ3v) is 8.08. The fraction of sp³-hybridized carbons (Fsp3) is 0.478. The van der Waals surface area contributed by atoms with Crippen LogP contribution in [0.4, 0.5) is 5.00 Å². The van der Waals surface area contributed by atoms with E-state index in [9.17, 15) is 4.79 Å². The van der Waals surface area contributed by atoms with E-state index >= 15 is 0 Å². The zero-order valence-corrected chi connectivity index (χ0v) is 19.7. The number of fused-ring (bicyclic) bond motifs is 2. The third-order valence-electron chi connectivity index (χ3n) is 5.69. The number of hydrogen-bond acceptors (Lipinski definition) is 6. The number of thiazole rings is 1. The highest BCUT2D eigenvalue weighted by atomic mass is 32.1. The van der Waals surface area contributed by atoms with E-state index in [0.29, 0.717) is 25.0 Å². The van der Waals surface area contributed by atoms with Gasteiger partial charge in [-0.25, -0.2) is 4.98 Å². The summed E-state index contributed by atoms with van der Waals surface area (Å²) in [6, 6.07) is 9.35. The first-order valence-electron chi connectivity index (χ1n) is 10.8. The first kappa shape index (κ1) is 21.4. The molecule has 1 amide bonds. The maximum Gasteiger partial charge on any atom is 0.226 e. The van der Waals surface area contributed by atoms with Crippen LogP contribution < -0.4 is 16.0 Å². The number of thiophene rings is 1. The average Bonchev–Trinajstić information content (AvgIpc) is 3.28. The Balaban J connectivity index is 1.66. The topological polar surface area (TPSA) is 66.0 Å². The molecule has 1 aliphatic rings. The van der Waals surface area contributed by atoms with Crippen LogP contribution in [0.25, 0.3) is 20.8 Å². The summed E-state index contributed by atoms with van der Waals surface area (Å²) in [5.74, 6) is 0.0559. The van der Waals surface area contributed by atoms with Crippen LogP contribution in [0, 0.1) is 0 Å². The molecule has 0 spiro atoms. The van der Waals surface area contributed by atoms with Gasteiger partial charge in [0.05, 0.1) is 10.2 Å². The molecular weight excluding hydrogens is 412 g/mol. The van der Waals surface area contributed by atoms with Gasteiger partial charge in [-0.3, -0.25) is 4.79 Å². The maximum atomic E-state index is 12.7. The van der Waals surface area contributed by atoms with Gasteiger partial charge in [0, 0.05) is 41.5 Å². The normalized spacial score (nSPS) is 19.6. The largest absolute Gasteiger partial charge is 0.317 e. The van der Waals surface area contributed by atoms with E-state index in [0.717, 1.165) is 33.9 Å². The van der Waals surface area contributed by atoms with Gasteiger partial charge in [0.2, 0.25) is 5.91 Å². The van der Waals surface area contributed by atoms with Crippen molar-refractivity contribution in [2.45, 2.75) is 65.1 Å². The molecule has 5 nitrogen and oxygen atoms in total. The lowest BCUT2D eigenvalue weighted by molar-refractivity contribution is -0.116. The molecule has 0 saturated carbocycles. The molecule has 0 radical (unpaired) electrons. The maximum absolute atomic E-state index is 12.7. The zero-order chi connectivity index (χ0) is 21.3. The molecule has 4 rings (SSSR count). The van der Waals surface area contributed by atoms with Crippen molar-refractivity contribution in [1.82, 2.24) is 15.6 Å². The highest BCUT2D eigenvalue weighted by Crippen LogP contribution is 2.47. The predicted molar refractivity (Wildman–Crippen MR) is 129 cm³/mol. The molecule has 0 unspecified atom stereocenters. The number of rotatable bonds is 7. The summed E-state index contributed by atoms with van der Waals surface area (Å²) in [6.45, 7) is 9.41. The molecular formula is C23H30N4OS2. The van der Waals surface area contributed by atoms with Crippen molar-refractivity contribution in [3.8, 4) is 10.6 Å². The van der Waals surface area contributed by atoms with Gasteiger partial charge in [0.15, 0.2) is 0 Å². The summed E-state index contributed by atoms with van der Waals surface area (Å²) in [6.07, 6.45) is 2.48. The summed E-state index contributed by atoms with van der Waals surface area (Å²) in [7, 11) is 0. The van der Waals surface area contributed by atoms with E-state index in [1.807, 2.05) is 6.07 Å². The first-order chi connectivity index (χ1) is 14.5. The zero-order valence-electron chi connectivity index (χ0n) is 18.0. The highest BCUT2D eigenvalue weighted by Gasteiger charge is 2.30. The monoisotopic (exact) mass is 442 g/mol. The van der Waals surface area contributed by atoms with Crippen LogP contribution in [0.1, 0.15) is 57.0 Å². The number of carbonyl (C=O) groups excluding carboxylic acids is 1. The van der Waals surface area contributed by atoms with E-state index in [2.05, 4.69) is 61.8 Å². The minimum atomic E-state index is 0.0559. The molecule has 160 valence electrons. The Kier molecular flexibility index (Phi) is 6.53. The Morgan fingerprint density at radius 3 is 2.87 bits per heavy atom. The molecule has 0 aliphatic carbocycles. The van der Waals surface area contributed by atoms with Crippen molar-refractivity contribution in [3.63, 3.8) is 0 Å². The van der Waals surface area contributed by atoms with Crippen LogP contribution in [0.3, 0.4) is 0 Å². The molecule has 0 bridgehead atoms. The molecule has 3 heterocycles. The van der Waals surface area contributed by atoms with E-state index in [1.165, 1.54) is 15.1 Å². The Hall–Kier alpha value is -1.80. The van der Waals surface area contributed by atoms with E-state index in [-0.39, 0.29) is 11.9 Å². The second kappa shape index (κ2) is 9.14. The summed E-state index contributed by atoms with van der Waals surface area (Å²) in [5, 5.41) is 12.2. The molecule has 7 heteroatoms. The molecule has 2 aromatic heterocycles. The second-order valence-electron chi connectivity index (χ2n) is 8.19. The number of nitrogens with zero attached hydrogens (tertiary/aromatic N) is 1. The van der Waals surface area contributed by atoms with E-state index in [1.54, 1.807) is 22.7 Å². The minimum absolute atomic E-state index is 0.0559. The van der Waals surface area contributed by atoms with Crippen LogP contribution in [-0.4, -0.2) is 29.5 Å². The van der Waals surface area contributed by atoms with Crippen molar-refractivity contribution < 1.29 is 4.79 Å². The third kappa shape index (κ3) is 4.44. The number of carbonyl (C=O) groups is 1. The van der Waals surface area contributed by atoms with Crippen LogP contribution in [-0.2, 0) is 11.2 Å². The summed E-state index contributed by atoms with van der Waals surface area (Å²) in [5.41, 5.74) is 3.48. The number of hydrogen-bond donors (Lipinski definition) is 3. The lowest BCUT2D eigenvalue weighted by Crippen LogP contribution is -2.35. The number of aromatic nitrogens is 1. The predicted octanol–water partition coefficient (Wildman–Crippen LogP) is 5.34. The lowest BCUT2D eigenvalue weighted by Gasteiger charge is -2.26. The van der Waals surface area contributed by atoms with Crippen LogP contribution in [0.2, 0.25) is 0 Å². The van der Waals surface area contributed by atoms with Crippen LogP contribution in [0.15, 0.2) is 24.3 Å². The highest BCUT2D eigenvalue weighted by molar-refractivity contribution is 7.23. The van der Waals surface area contributed by atoms with Crippen LogP contribution >= 0.6 is 22.7 Å². The molecule has 0 saturated heterocycles. The SMILES string of the molecule is CC[C@H](C)NCCC(=O)Nc1sc2c(c1-c1nc3ccccc3s1)C[C@@H](C)N[C@H]2C. The Morgan fingerprint density at radius 2 is 2.10 bits per heavy atom. The molecule has 0 fully saturated rings. The average molecular weight is 443 g/mol. The first-order valence-corrected chi connectivity index (χ1v) is 12.4. The molecule has 3 N–H and O–H groups in total. The van der Waals surface area contributed by atoms with Gasteiger partial charge >= 0.3 is 0 Å². The fourth-order valence-corrected chi connectivity index (χ4v) is 6.33. The Labute approximate surface area is 186 Å². The molecule has 1 aromatic carbocycles. The van der Waals surface area contributed by atoms with Gasteiger partial charge in [-0.2, -0.15) is 0 Å². The molecule has 1 aliphatic heterocycles. The molecule has 30 heavy (non-hydrogen) atoms. The number of nitrogens with one attached hydrogen (secondary N) is 3. The standard InChI is InChI=1S/C23H30N4OS2/c1-5-13(2)24-11-10-19(28)27-23-20(16-12-14(3)25-15(4)21(16)30-23)22-26-17-8-6-7-9-18(17)29-22/h6-9,13-15,24-25H,5,10-12H2,1-4H3,(H,27,28)/t13-,14+,15-/m0/s1. The minimum Gasteiger partial charge on any atom is -0.317 e. The lowest BCUT2D eigenvalue weighted by atomic mass is 9.95. The fourth-order valence-electron chi connectivity index (χ4n) is 3.96. The number of para-hydroxylation sites is 1. The summed E-state index contributed by atoms with van der Waals surface area (Å²) in [4.78, 5) is 19.0. The molecule has 3 atom stereocenters. The van der Waals surface area contributed by atoms with Crippen molar-refractivity contribution in [2.75, 3.05) is 11.9 Å². The van der Waals surface area contributed by atoms with Crippen LogP contribution in [0.5, 0.6) is 0 Å². The number of anilines is 1. The van der Waals surface area contributed by atoms with Crippen molar-refractivity contribution in [3.05, 3.63) is 34.7 Å². The number of benzene rings is 1. The van der Waals surface area contributed by atoms with Gasteiger partial charge in [0.25, 0.3) is 0 Å². The van der Waals surface area contributed by atoms with Gasteiger partial charge in [-0.1, -0.05) is 19.1 Å². The Bertz CT molecular complexity index is 1010. The molecule has 3 aromatic rings. The smallest absolute Gasteiger partial charge is 0.226 e. The Morgan fingerprint density at radius 1 is 1.30 bits per heavy atom. The second-order valence-corrected chi connectivity index (χ2v) is 10.3. The van der Waals surface area contributed by atoms with Gasteiger partial charge < -0.3 is 16.0 Å². The van der Waals surface area contributed by atoms with Gasteiger partial charge in [-0.15, -0.1) is 22.7 Å². The van der Waals surface area contributed by atoms with Crippen molar-refractivity contribution in [1.29, 1.82) is 0 Å². The van der Waals surface area contributed by atoms with E-state index < -0.39 is 0 Å². The van der Waals surface area contributed by atoms with Gasteiger partial charge in [-0.05, 0) is 51.3 Å². The quantitative estimate of drug-likeness (QED) is 0.462. The number of amides is 1. The van der Waals surface area contributed by atoms with Crippen molar-refractivity contribution >= 4 is 43.8 Å². The summed E-state index contributed by atoms with van der Waals surface area (Å²) >= 11 is 3.41. The van der Waals surface area contributed by atoms with E-state index in [4.69, 9.17) is 4.98 Å². The summed E-state index contributed by atoms with van der Waals surface area (Å²) < 4.78 is 1.18.